The van der Waals surface area contributed by atoms with Crippen LogP contribution in [0.5, 0.6) is 11.5 Å². The van der Waals surface area contributed by atoms with Gasteiger partial charge in [-0.25, -0.2) is 4.39 Å². The summed E-state index contributed by atoms with van der Waals surface area (Å²) in [6.07, 6.45) is 2.11. The maximum Gasteiger partial charge on any atom is 0.170 e. The number of phenolic OH excluding ortho intramolecular Hbond substituents is 1. The van der Waals surface area contributed by atoms with Gasteiger partial charge in [-0.3, -0.25) is 4.79 Å². The Morgan fingerprint density at radius 2 is 2.05 bits per heavy atom. The van der Waals surface area contributed by atoms with E-state index in [-0.39, 0.29) is 17.1 Å². The van der Waals surface area contributed by atoms with Crippen molar-refractivity contribution in [3.8, 4) is 11.5 Å². The zero-order valence-electron chi connectivity index (χ0n) is 12.3. The number of benzene rings is 2. The smallest absolute Gasteiger partial charge is 0.170 e. The summed E-state index contributed by atoms with van der Waals surface area (Å²) in [5.74, 6) is -0.411. The average molecular weight is 300 g/mol. The van der Waals surface area contributed by atoms with E-state index in [1.807, 2.05) is 6.07 Å². The molecule has 0 saturated carbocycles. The first-order valence-corrected chi connectivity index (χ1v) is 7.29. The third-order valence-corrected chi connectivity index (χ3v) is 4.19. The molecule has 0 aromatic heterocycles. The molecular weight excluding hydrogens is 283 g/mol. The molecule has 0 aliphatic heterocycles. The third-order valence-electron chi connectivity index (χ3n) is 4.19. The average Bonchev–Trinajstić information content (AvgIpc) is 2.68. The molecule has 2 aromatic rings. The first-order chi connectivity index (χ1) is 10.6. The van der Waals surface area contributed by atoms with Gasteiger partial charge in [0.25, 0.3) is 0 Å². The number of phenols is 1. The number of methoxy groups -OCH3 is 1. The molecule has 0 fully saturated rings. The van der Waals surface area contributed by atoms with Crippen LogP contribution in [0.4, 0.5) is 4.39 Å². The van der Waals surface area contributed by atoms with Gasteiger partial charge in [0.05, 0.1) is 13.0 Å². The molecule has 0 amide bonds. The summed E-state index contributed by atoms with van der Waals surface area (Å²) in [4.78, 5) is 12.8. The first-order valence-electron chi connectivity index (χ1n) is 7.29. The van der Waals surface area contributed by atoms with Crippen molar-refractivity contribution in [3.63, 3.8) is 0 Å². The van der Waals surface area contributed by atoms with Crippen LogP contribution in [0.2, 0.25) is 0 Å². The second-order valence-electron chi connectivity index (χ2n) is 5.54. The molecule has 3 nitrogen and oxygen atoms in total. The number of Topliss-reactive ketones (excluding diaryl/α,β-unsaturated/α-hetero) is 1. The molecule has 1 unspecified atom stereocenters. The Morgan fingerprint density at radius 3 is 2.82 bits per heavy atom. The number of ether oxygens (including phenoxy) is 1. The highest BCUT2D eigenvalue weighted by molar-refractivity contribution is 6.02. The van der Waals surface area contributed by atoms with E-state index in [2.05, 4.69) is 0 Å². The molecule has 0 bridgehead atoms. The summed E-state index contributed by atoms with van der Waals surface area (Å²) in [5, 5.41) is 9.59. The van der Waals surface area contributed by atoms with Crippen LogP contribution in [0.25, 0.3) is 0 Å². The lowest BCUT2D eigenvalue weighted by Gasteiger charge is -2.15. The number of aryl methyl sites for hydroxylation is 1. The predicted molar refractivity (Wildman–Crippen MR) is 81.1 cm³/mol. The van der Waals surface area contributed by atoms with E-state index in [0.29, 0.717) is 17.7 Å². The zero-order valence-corrected chi connectivity index (χ0v) is 12.3. The Balaban J connectivity index is 2.04. The summed E-state index contributed by atoms with van der Waals surface area (Å²) < 4.78 is 19.3. The van der Waals surface area contributed by atoms with Crippen LogP contribution in [0.3, 0.4) is 0 Å². The van der Waals surface area contributed by atoms with Gasteiger partial charge in [-0.1, -0.05) is 0 Å². The Hall–Kier alpha value is -2.36. The summed E-state index contributed by atoms with van der Waals surface area (Å²) >= 11 is 0. The van der Waals surface area contributed by atoms with Crippen LogP contribution in [0.15, 0.2) is 36.4 Å². The number of hydrogen-bond acceptors (Lipinski definition) is 3. The van der Waals surface area contributed by atoms with Crippen molar-refractivity contribution in [3.05, 3.63) is 58.9 Å². The second kappa shape index (κ2) is 5.79. The Labute approximate surface area is 128 Å². The minimum Gasteiger partial charge on any atom is -0.508 e. The van der Waals surface area contributed by atoms with Gasteiger partial charge in [-0.2, -0.15) is 0 Å². The van der Waals surface area contributed by atoms with E-state index < -0.39 is 11.7 Å². The van der Waals surface area contributed by atoms with Crippen LogP contribution >= 0.6 is 0 Å². The summed E-state index contributed by atoms with van der Waals surface area (Å²) in [6, 6.07) is 9.21. The van der Waals surface area contributed by atoms with Gasteiger partial charge in [-0.15, -0.1) is 0 Å². The lowest BCUT2D eigenvalue weighted by atomic mass is 9.88. The van der Waals surface area contributed by atoms with Gasteiger partial charge in [0.1, 0.15) is 17.3 Å². The van der Waals surface area contributed by atoms with Crippen molar-refractivity contribution in [1.82, 2.24) is 0 Å². The molecule has 0 saturated heterocycles. The van der Waals surface area contributed by atoms with Crippen molar-refractivity contribution in [2.75, 3.05) is 7.11 Å². The maximum absolute atomic E-state index is 14.1. The normalized spacial score (nSPS) is 17.7. The van der Waals surface area contributed by atoms with E-state index in [4.69, 9.17) is 4.74 Å². The van der Waals surface area contributed by atoms with Gasteiger partial charge in [0, 0.05) is 11.1 Å². The van der Waals surface area contributed by atoms with E-state index in [0.717, 1.165) is 18.4 Å². The van der Waals surface area contributed by atoms with Gasteiger partial charge in [-0.05, 0) is 61.2 Å². The Bertz CT molecular complexity index is 724. The fraction of sp³-hybridized carbons (Fsp3) is 0.278. The SMILES string of the molecule is COc1ccc2c(c1)CCCC(c1cc(O)ccc1F)C2=O. The molecule has 3 rings (SSSR count). The van der Waals surface area contributed by atoms with Crippen molar-refractivity contribution in [2.24, 2.45) is 0 Å². The standard InChI is InChI=1S/C18H17FO3/c1-22-13-6-7-14-11(9-13)3-2-4-15(18(14)21)16-10-12(20)5-8-17(16)19/h5-10,15,20H,2-4H2,1H3. The number of rotatable bonds is 2. The summed E-state index contributed by atoms with van der Waals surface area (Å²) in [7, 11) is 1.59. The number of ketones is 1. The molecular formula is C18H17FO3. The zero-order chi connectivity index (χ0) is 15.7. The fourth-order valence-electron chi connectivity index (χ4n) is 3.05. The number of carbonyl (C=O) groups is 1. The topological polar surface area (TPSA) is 46.5 Å². The van der Waals surface area contributed by atoms with Gasteiger partial charge in [0.2, 0.25) is 0 Å². The van der Waals surface area contributed by atoms with Crippen molar-refractivity contribution >= 4 is 5.78 Å². The van der Waals surface area contributed by atoms with Crippen LogP contribution in [0.1, 0.15) is 40.2 Å². The van der Waals surface area contributed by atoms with Gasteiger partial charge in [0.15, 0.2) is 5.78 Å². The number of fused-ring (bicyclic) bond motifs is 1. The highest BCUT2D eigenvalue weighted by atomic mass is 19.1. The molecule has 1 N–H and O–H groups in total. The van der Waals surface area contributed by atoms with Crippen LogP contribution < -0.4 is 4.74 Å². The van der Waals surface area contributed by atoms with Crippen LogP contribution in [-0.2, 0) is 6.42 Å². The molecule has 1 aliphatic carbocycles. The molecule has 22 heavy (non-hydrogen) atoms. The number of carbonyl (C=O) groups excluding carboxylic acids is 1. The van der Waals surface area contributed by atoms with E-state index in [1.165, 1.54) is 18.2 Å². The van der Waals surface area contributed by atoms with E-state index in [9.17, 15) is 14.3 Å². The highest BCUT2D eigenvalue weighted by Crippen LogP contribution is 2.35. The Kier molecular flexibility index (Phi) is 3.84. The Morgan fingerprint density at radius 1 is 1.23 bits per heavy atom. The first kappa shape index (κ1) is 14.6. The molecule has 2 aromatic carbocycles. The molecule has 0 heterocycles. The monoisotopic (exact) mass is 300 g/mol. The molecule has 114 valence electrons. The molecule has 1 atom stereocenters. The predicted octanol–water partition coefficient (Wildman–Crippen LogP) is 3.84. The van der Waals surface area contributed by atoms with Crippen LogP contribution in [-0.4, -0.2) is 18.0 Å². The summed E-state index contributed by atoms with van der Waals surface area (Å²) in [5.41, 5.74) is 1.83. The highest BCUT2D eigenvalue weighted by Gasteiger charge is 2.29. The van der Waals surface area contributed by atoms with Crippen molar-refractivity contribution in [2.45, 2.75) is 25.2 Å². The number of aromatic hydroxyl groups is 1. The largest absolute Gasteiger partial charge is 0.508 e. The maximum atomic E-state index is 14.1. The lowest BCUT2D eigenvalue weighted by molar-refractivity contribution is 0.0955. The number of halogens is 1. The van der Waals surface area contributed by atoms with Crippen molar-refractivity contribution < 1.29 is 19.0 Å². The second-order valence-corrected chi connectivity index (χ2v) is 5.54. The molecule has 0 spiro atoms. The lowest BCUT2D eigenvalue weighted by Crippen LogP contribution is -2.13. The van der Waals surface area contributed by atoms with Gasteiger partial charge < -0.3 is 9.84 Å². The quantitative estimate of drug-likeness (QED) is 0.857. The molecule has 0 radical (unpaired) electrons. The minimum absolute atomic E-state index is 0.0246. The third kappa shape index (κ3) is 2.56. The minimum atomic E-state index is -0.554. The van der Waals surface area contributed by atoms with E-state index >= 15 is 0 Å². The summed E-state index contributed by atoms with van der Waals surface area (Å²) in [6.45, 7) is 0. The van der Waals surface area contributed by atoms with Gasteiger partial charge >= 0.3 is 0 Å². The van der Waals surface area contributed by atoms with E-state index in [1.54, 1.807) is 19.2 Å². The van der Waals surface area contributed by atoms with Crippen LogP contribution in [0, 0.1) is 5.82 Å². The van der Waals surface area contributed by atoms with Crippen molar-refractivity contribution in [1.29, 1.82) is 0 Å². The molecule has 4 heteroatoms. The fourth-order valence-corrected chi connectivity index (χ4v) is 3.05. The number of hydrogen-bond donors (Lipinski definition) is 1. The molecule has 1 aliphatic rings.